The normalized spacial score (nSPS) is 19.5. The molecule has 0 aliphatic carbocycles. The molecular weight excluding hydrogens is 264 g/mol. The number of nitrogens with zero attached hydrogens (tertiary/aromatic N) is 2. The van der Waals surface area contributed by atoms with E-state index in [0.717, 1.165) is 37.8 Å². The van der Waals surface area contributed by atoms with Gasteiger partial charge in [0.25, 0.3) is 0 Å². The smallest absolute Gasteiger partial charge is 0.191 e. The van der Waals surface area contributed by atoms with Gasteiger partial charge in [0.1, 0.15) is 5.76 Å². The summed E-state index contributed by atoms with van der Waals surface area (Å²) >= 11 is 0. The number of hydrogen-bond acceptors (Lipinski definition) is 3. The Balaban J connectivity index is 1.95. The van der Waals surface area contributed by atoms with Gasteiger partial charge >= 0.3 is 0 Å². The summed E-state index contributed by atoms with van der Waals surface area (Å²) in [5.74, 6) is 1.89. The summed E-state index contributed by atoms with van der Waals surface area (Å²) in [5, 5.41) is 6.83. The van der Waals surface area contributed by atoms with E-state index in [1.54, 1.807) is 6.26 Å². The van der Waals surface area contributed by atoms with E-state index in [1.807, 2.05) is 13.1 Å². The summed E-state index contributed by atoms with van der Waals surface area (Å²) in [6, 6.07) is 4.73. The Morgan fingerprint density at radius 1 is 1.43 bits per heavy atom. The zero-order valence-electron chi connectivity index (χ0n) is 13.4. The highest BCUT2D eigenvalue weighted by Gasteiger charge is 2.25. The molecule has 0 amide bonds. The Labute approximate surface area is 127 Å². The van der Waals surface area contributed by atoms with Crippen LogP contribution in [0.25, 0.3) is 0 Å². The molecule has 2 rings (SSSR count). The van der Waals surface area contributed by atoms with Gasteiger partial charge in [0.2, 0.25) is 0 Å². The highest BCUT2D eigenvalue weighted by atomic mass is 16.3. The number of likely N-dealkylation sites (tertiary alicyclic amines) is 1. The van der Waals surface area contributed by atoms with E-state index >= 15 is 0 Å². The zero-order valence-corrected chi connectivity index (χ0v) is 13.4. The molecule has 21 heavy (non-hydrogen) atoms. The standard InChI is InChI=1S/C16H28N4O/c1-4-13(2)19-16(17-3)18-12-14(15-8-7-11-21-15)20-9-5-6-10-20/h7-8,11,13-14H,4-6,9-10,12H2,1-3H3,(H2,17,18,19). The van der Waals surface area contributed by atoms with Crippen molar-refractivity contribution in [2.45, 2.75) is 45.2 Å². The number of nitrogens with one attached hydrogen (secondary N) is 2. The minimum absolute atomic E-state index is 0.276. The van der Waals surface area contributed by atoms with E-state index in [-0.39, 0.29) is 6.04 Å². The predicted molar refractivity (Wildman–Crippen MR) is 86.5 cm³/mol. The largest absolute Gasteiger partial charge is 0.468 e. The van der Waals surface area contributed by atoms with Gasteiger partial charge in [0.05, 0.1) is 12.3 Å². The summed E-state index contributed by atoms with van der Waals surface area (Å²) in [5.41, 5.74) is 0. The molecule has 118 valence electrons. The average molecular weight is 292 g/mol. The van der Waals surface area contributed by atoms with Crippen molar-refractivity contribution in [1.82, 2.24) is 15.5 Å². The van der Waals surface area contributed by atoms with Gasteiger partial charge in [-0.1, -0.05) is 6.92 Å². The Bertz CT molecular complexity index is 423. The summed E-state index contributed by atoms with van der Waals surface area (Å²) in [6.07, 6.45) is 5.38. The number of furan rings is 1. The second-order valence-electron chi connectivity index (χ2n) is 5.68. The van der Waals surface area contributed by atoms with Crippen LogP contribution in [-0.4, -0.2) is 43.6 Å². The van der Waals surface area contributed by atoms with E-state index in [9.17, 15) is 0 Å². The average Bonchev–Trinajstić information content (AvgIpc) is 3.19. The molecule has 5 heteroatoms. The van der Waals surface area contributed by atoms with Crippen molar-refractivity contribution in [1.29, 1.82) is 0 Å². The van der Waals surface area contributed by atoms with Gasteiger partial charge in [-0.3, -0.25) is 9.89 Å². The maximum atomic E-state index is 5.63. The molecule has 1 aromatic rings. The minimum Gasteiger partial charge on any atom is -0.468 e. The van der Waals surface area contributed by atoms with Gasteiger partial charge in [-0.05, 0) is 51.4 Å². The van der Waals surface area contributed by atoms with Crippen LogP contribution in [0, 0.1) is 0 Å². The molecule has 1 aliphatic rings. The van der Waals surface area contributed by atoms with Crippen LogP contribution in [0.15, 0.2) is 27.8 Å². The van der Waals surface area contributed by atoms with Gasteiger partial charge in [-0.15, -0.1) is 0 Å². The molecule has 0 radical (unpaired) electrons. The van der Waals surface area contributed by atoms with Gasteiger partial charge in [-0.25, -0.2) is 0 Å². The van der Waals surface area contributed by atoms with Crippen molar-refractivity contribution >= 4 is 5.96 Å². The molecule has 5 nitrogen and oxygen atoms in total. The molecule has 2 unspecified atom stereocenters. The molecule has 1 fully saturated rings. The number of rotatable bonds is 6. The van der Waals surface area contributed by atoms with Gasteiger partial charge < -0.3 is 15.1 Å². The molecule has 2 N–H and O–H groups in total. The first-order valence-electron chi connectivity index (χ1n) is 7.99. The molecule has 0 saturated carbocycles. The highest BCUT2D eigenvalue weighted by Crippen LogP contribution is 2.24. The third kappa shape index (κ3) is 4.49. The molecule has 1 aliphatic heterocycles. The summed E-state index contributed by atoms with van der Waals surface area (Å²) in [4.78, 5) is 6.79. The second kappa shape index (κ2) is 8.08. The quantitative estimate of drug-likeness (QED) is 0.624. The van der Waals surface area contributed by atoms with Crippen LogP contribution >= 0.6 is 0 Å². The van der Waals surface area contributed by atoms with E-state index in [0.29, 0.717) is 6.04 Å². The lowest BCUT2D eigenvalue weighted by Crippen LogP contribution is -2.45. The second-order valence-corrected chi connectivity index (χ2v) is 5.68. The highest BCUT2D eigenvalue weighted by molar-refractivity contribution is 5.79. The molecule has 0 bridgehead atoms. The number of hydrogen-bond donors (Lipinski definition) is 2. The van der Waals surface area contributed by atoms with Crippen LogP contribution in [0.2, 0.25) is 0 Å². The lowest BCUT2D eigenvalue weighted by Gasteiger charge is -2.27. The number of guanidine groups is 1. The monoisotopic (exact) mass is 292 g/mol. The zero-order chi connectivity index (χ0) is 15.1. The first kappa shape index (κ1) is 15.9. The first-order chi connectivity index (χ1) is 10.2. The fourth-order valence-corrected chi connectivity index (χ4v) is 2.67. The molecular formula is C16H28N4O. The van der Waals surface area contributed by atoms with Crippen molar-refractivity contribution in [2.24, 2.45) is 4.99 Å². The Morgan fingerprint density at radius 3 is 2.76 bits per heavy atom. The summed E-state index contributed by atoms with van der Waals surface area (Å²) in [6.45, 7) is 7.43. The predicted octanol–water partition coefficient (Wildman–Crippen LogP) is 2.38. The molecule has 2 heterocycles. The van der Waals surface area contributed by atoms with Crippen LogP contribution in [0.5, 0.6) is 0 Å². The van der Waals surface area contributed by atoms with Crippen LogP contribution in [-0.2, 0) is 0 Å². The summed E-state index contributed by atoms with van der Waals surface area (Å²) in [7, 11) is 1.81. The third-order valence-corrected chi connectivity index (χ3v) is 4.13. The Hall–Kier alpha value is -1.49. The molecule has 1 aromatic heterocycles. The molecule has 1 saturated heterocycles. The molecule has 2 atom stereocenters. The molecule has 0 spiro atoms. The van der Waals surface area contributed by atoms with Crippen LogP contribution < -0.4 is 10.6 Å². The third-order valence-electron chi connectivity index (χ3n) is 4.13. The Kier molecular flexibility index (Phi) is 6.11. The topological polar surface area (TPSA) is 52.8 Å². The van der Waals surface area contributed by atoms with Crippen molar-refractivity contribution in [3.8, 4) is 0 Å². The maximum Gasteiger partial charge on any atom is 0.191 e. The van der Waals surface area contributed by atoms with Crippen molar-refractivity contribution in [3.63, 3.8) is 0 Å². The minimum atomic E-state index is 0.276. The fourth-order valence-electron chi connectivity index (χ4n) is 2.67. The van der Waals surface area contributed by atoms with Gasteiger partial charge in [0.15, 0.2) is 5.96 Å². The van der Waals surface area contributed by atoms with E-state index in [4.69, 9.17) is 4.42 Å². The van der Waals surface area contributed by atoms with Crippen molar-refractivity contribution in [3.05, 3.63) is 24.2 Å². The molecule has 0 aromatic carbocycles. The van der Waals surface area contributed by atoms with Crippen LogP contribution in [0.3, 0.4) is 0 Å². The van der Waals surface area contributed by atoms with E-state index in [1.165, 1.54) is 12.8 Å². The lowest BCUT2D eigenvalue weighted by atomic mass is 10.2. The van der Waals surface area contributed by atoms with Crippen molar-refractivity contribution in [2.75, 3.05) is 26.7 Å². The SMILES string of the molecule is CCC(C)NC(=NC)NCC(c1ccco1)N1CCCC1. The van der Waals surface area contributed by atoms with E-state index < -0.39 is 0 Å². The lowest BCUT2D eigenvalue weighted by molar-refractivity contribution is 0.215. The van der Waals surface area contributed by atoms with Gasteiger partial charge in [0, 0.05) is 19.6 Å². The fraction of sp³-hybridized carbons (Fsp3) is 0.688. The Morgan fingerprint density at radius 2 is 2.19 bits per heavy atom. The summed E-state index contributed by atoms with van der Waals surface area (Å²) < 4.78 is 5.63. The van der Waals surface area contributed by atoms with Gasteiger partial charge in [-0.2, -0.15) is 0 Å². The first-order valence-corrected chi connectivity index (χ1v) is 7.99. The number of aliphatic imine (C=N–C) groups is 1. The van der Waals surface area contributed by atoms with Crippen LogP contribution in [0.4, 0.5) is 0 Å². The maximum absolute atomic E-state index is 5.63. The van der Waals surface area contributed by atoms with Crippen molar-refractivity contribution < 1.29 is 4.42 Å². The van der Waals surface area contributed by atoms with E-state index in [2.05, 4.69) is 40.4 Å². The van der Waals surface area contributed by atoms with Crippen LogP contribution in [0.1, 0.15) is 44.9 Å².